The predicted molar refractivity (Wildman–Crippen MR) is 59.0 cm³/mol. The maximum atomic E-state index is 4.92. The Morgan fingerprint density at radius 2 is 1.54 bits per heavy atom. The van der Waals surface area contributed by atoms with E-state index in [0.717, 1.165) is 17.1 Å². The van der Waals surface area contributed by atoms with Gasteiger partial charge >= 0.3 is 9.53 Å². The second-order valence-electron chi connectivity index (χ2n) is 2.34. The highest BCUT2D eigenvalue weighted by Gasteiger charge is 2.04. The first-order valence-electron chi connectivity index (χ1n) is 4.34. The van der Waals surface area contributed by atoms with Gasteiger partial charge in [0.25, 0.3) is 0 Å². The molecule has 0 fully saturated rings. The summed E-state index contributed by atoms with van der Waals surface area (Å²) < 4.78 is 19.2. The van der Waals surface area contributed by atoms with Crippen molar-refractivity contribution in [1.29, 1.82) is 0 Å². The lowest BCUT2D eigenvalue weighted by molar-refractivity contribution is 0.163. The zero-order valence-corrected chi connectivity index (χ0v) is 12.5. The summed E-state index contributed by atoms with van der Waals surface area (Å²) in [5.41, 5.74) is 0. The summed E-state index contributed by atoms with van der Waals surface area (Å²) in [6.45, 7) is 3.14. The molecule has 0 aliphatic carbocycles. The van der Waals surface area contributed by atoms with Crippen LogP contribution in [-0.2, 0) is 17.7 Å². The van der Waals surface area contributed by atoms with Gasteiger partial charge in [0.2, 0.25) is 0 Å². The van der Waals surface area contributed by atoms with Crippen LogP contribution < -0.4 is 0 Å². The molecule has 0 amide bonds. The van der Waals surface area contributed by atoms with Gasteiger partial charge in [0.1, 0.15) is 10.5 Å². The van der Waals surface area contributed by atoms with Gasteiger partial charge in [-0.3, -0.25) is 0 Å². The summed E-state index contributed by atoms with van der Waals surface area (Å²) in [4.78, 5) is 0. The van der Waals surface area contributed by atoms with Gasteiger partial charge in [-0.05, 0) is 6.42 Å². The number of unbranched alkanes of at least 4 members (excludes halogenated alkanes) is 1. The van der Waals surface area contributed by atoms with Crippen LogP contribution >= 0.6 is 0 Å². The highest BCUT2D eigenvalue weighted by atomic mass is 28.3. The summed E-state index contributed by atoms with van der Waals surface area (Å²) in [7, 11) is 3.95. The molecule has 0 aromatic carbocycles. The summed E-state index contributed by atoms with van der Waals surface area (Å²) in [5, 5.41) is 0. The Hall–Kier alpha value is 0.274. The Kier molecular flexibility index (Phi) is 17.9. The zero-order valence-electron chi connectivity index (χ0n) is 9.33. The summed E-state index contributed by atoms with van der Waals surface area (Å²) in [6.07, 6.45) is 2.48. The number of hydrogen-bond acceptors (Lipinski definition) is 4. The molecule has 0 unspecified atom stereocenters. The lowest BCUT2D eigenvalue weighted by Crippen LogP contribution is -2.21. The molecule has 6 heteroatoms. The minimum Gasteiger partial charge on any atom is -0.428 e. The molecule has 0 bridgehead atoms. The van der Waals surface area contributed by atoms with Gasteiger partial charge in [-0.2, -0.15) is 0 Å². The van der Waals surface area contributed by atoms with E-state index in [0.29, 0.717) is 0 Å². The van der Waals surface area contributed by atoms with Gasteiger partial charge in [-0.25, -0.2) is 0 Å². The van der Waals surface area contributed by atoms with E-state index < -0.39 is 9.53 Å². The van der Waals surface area contributed by atoms with Crippen LogP contribution in [0.2, 0.25) is 0 Å². The number of rotatable bonds is 6. The van der Waals surface area contributed by atoms with Crippen LogP contribution in [0.5, 0.6) is 0 Å². The standard InChI is InChI=1S/C4H12OSi.C3H10O3Si/c1-2-3-4-5-6;1-4-7(5-2)6-3/h2-4H2,1,6H3;7H,1-3H3. The summed E-state index contributed by atoms with van der Waals surface area (Å²) in [5.74, 6) is 0. The second-order valence-corrected chi connectivity index (χ2v) is 4.91. The Balaban J connectivity index is 0. The Labute approximate surface area is 86.0 Å². The first-order chi connectivity index (χ1) is 6.26. The van der Waals surface area contributed by atoms with Crippen LogP contribution in [0.15, 0.2) is 0 Å². The highest BCUT2D eigenvalue weighted by Crippen LogP contribution is 1.83. The van der Waals surface area contributed by atoms with Gasteiger partial charge in [-0.15, -0.1) is 0 Å². The van der Waals surface area contributed by atoms with Crippen LogP contribution in [0.25, 0.3) is 0 Å². The molecule has 0 heterocycles. The van der Waals surface area contributed by atoms with E-state index in [-0.39, 0.29) is 0 Å². The zero-order chi connectivity index (χ0) is 10.5. The van der Waals surface area contributed by atoms with E-state index >= 15 is 0 Å². The molecule has 0 radical (unpaired) electrons. The molecule has 0 rings (SSSR count). The molecule has 13 heavy (non-hydrogen) atoms. The van der Waals surface area contributed by atoms with Gasteiger partial charge in [0, 0.05) is 27.9 Å². The quantitative estimate of drug-likeness (QED) is 0.461. The third kappa shape index (κ3) is 15.1. The molecule has 0 aromatic rings. The Morgan fingerprint density at radius 3 is 1.62 bits per heavy atom. The molecular formula is C7H22O4Si2. The van der Waals surface area contributed by atoms with Crippen molar-refractivity contribution in [2.45, 2.75) is 19.8 Å². The second kappa shape index (κ2) is 14.8. The van der Waals surface area contributed by atoms with Crippen molar-refractivity contribution in [3.63, 3.8) is 0 Å². The molecule has 4 nitrogen and oxygen atoms in total. The molecule has 0 aromatic heterocycles. The average molecular weight is 226 g/mol. The van der Waals surface area contributed by atoms with Crippen molar-refractivity contribution < 1.29 is 17.7 Å². The first kappa shape index (κ1) is 15.7. The third-order valence-electron chi connectivity index (χ3n) is 1.28. The van der Waals surface area contributed by atoms with Gasteiger partial charge < -0.3 is 17.7 Å². The SMILES string of the molecule is CCCCO[SiH3].CO[SiH](OC)OC. The van der Waals surface area contributed by atoms with Crippen molar-refractivity contribution in [2.75, 3.05) is 27.9 Å². The van der Waals surface area contributed by atoms with Gasteiger partial charge in [0.15, 0.2) is 0 Å². The third-order valence-corrected chi connectivity index (χ3v) is 2.84. The fraction of sp³-hybridized carbons (Fsp3) is 1.00. The molecule has 0 N–H and O–H groups in total. The Bertz CT molecular complexity index is 71.4. The largest absolute Gasteiger partial charge is 0.483 e. The smallest absolute Gasteiger partial charge is 0.428 e. The van der Waals surface area contributed by atoms with E-state index in [1.807, 2.05) is 0 Å². The molecular weight excluding hydrogens is 204 g/mol. The van der Waals surface area contributed by atoms with E-state index in [1.54, 1.807) is 21.3 Å². The van der Waals surface area contributed by atoms with Crippen molar-refractivity contribution in [2.24, 2.45) is 0 Å². The van der Waals surface area contributed by atoms with Crippen molar-refractivity contribution in [3.05, 3.63) is 0 Å². The molecule has 0 saturated heterocycles. The molecule has 82 valence electrons. The normalized spacial score (nSPS) is 9.92. The molecule has 0 saturated carbocycles. The average Bonchev–Trinajstić information content (AvgIpc) is 2.18. The fourth-order valence-corrected chi connectivity index (χ4v) is 1.44. The lowest BCUT2D eigenvalue weighted by Gasteiger charge is -2.05. The van der Waals surface area contributed by atoms with Gasteiger partial charge in [0.05, 0.1) is 0 Å². The monoisotopic (exact) mass is 226 g/mol. The first-order valence-corrected chi connectivity index (χ1v) is 6.57. The van der Waals surface area contributed by atoms with E-state index in [9.17, 15) is 0 Å². The lowest BCUT2D eigenvalue weighted by atomic mass is 10.4. The molecule has 0 aliphatic heterocycles. The van der Waals surface area contributed by atoms with Crippen LogP contribution in [0, 0.1) is 0 Å². The van der Waals surface area contributed by atoms with Crippen LogP contribution in [0.4, 0.5) is 0 Å². The summed E-state index contributed by atoms with van der Waals surface area (Å²) >= 11 is 0. The van der Waals surface area contributed by atoms with Crippen molar-refractivity contribution >= 4 is 20.0 Å². The highest BCUT2D eigenvalue weighted by molar-refractivity contribution is 6.36. The van der Waals surface area contributed by atoms with E-state index in [1.165, 1.54) is 12.8 Å². The summed E-state index contributed by atoms with van der Waals surface area (Å²) in [6, 6.07) is 0. The molecule has 0 aliphatic rings. The molecule has 0 atom stereocenters. The van der Waals surface area contributed by atoms with Gasteiger partial charge in [-0.1, -0.05) is 13.3 Å². The van der Waals surface area contributed by atoms with E-state index in [4.69, 9.17) is 17.7 Å². The van der Waals surface area contributed by atoms with Crippen molar-refractivity contribution in [1.82, 2.24) is 0 Å². The van der Waals surface area contributed by atoms with Crippen LogP contribution in [0.1, 0.15) is 19.8 Å². The van der Waals surface area contributed by atoms with E-state index in [2.05, 4.69) is 6.92 Å². The molecule has 0 spiro atoms. The van der Waals surface area contributed by atoms with Crippen molar-refractivity contribution in [3.8, 4) is 0 Å². The topological polar surface area (TPSA) is 36.9 Å². The maximum absolute atomic E-state index is 4.92. The Morgan fingerprint density at radius 1 is 1.08 bits per heavy atom. The van der Waals surface area contributed by atoms with Crippen LogP contribution in [0.3, 0.4) is 0 Å². The fourth-order valence-electron chi connectivity index (χ4n) is 0.577. The number of hydrogen-bond donors (Lipinski definition) is 0. The maximum Gasteiger partial charge on any atom is 0.483 e. The minimum atomic E-state index is -1.67. The van der Waals surface area contributed by atoms with Crippen LogP contribution in [-0.4, -0.2) is 47.9 Å². The predicted octanol–water partition coefficient (Wildman–Crippen LogP) is -0.274. The minimum absolute atomic E-state index is 0.903.